The van der Waals surface area contributed by atoms with Gasteiger partial charge in [-0.1, -0.05) is 51.6 Å². The highest BCUT2D eigenvalue weighted by molar-refractivity contribution is 7.89. The molecule has 9 nitrogen and oxygen atoms in total. The number of aliphatic carboxylic acids is 1. The minimum atomic E-state index is -3.77. The Kier molecular flexibility index (Phi) is 8.46. The number of nitrogens with zero attached hydrogens (tertiary/aromatic N) is 3. The molecule has 0 saturated heterocycles. The number of carboxylic acids is 1. The molecule has 34 heavy (non-hydrogen) atoms. The lowest BCUT2D eigenvalue weighted by molar-refractivity contribution is -0.306. The minimum absolute atomic E-state index is 0.0315. The van der Waals surface area contributed by atoms with E-state index < -0.39 is 21.9 Å². The molecule has 0 radical (unpaired) electrons. The van der Waals surface area contributed by atoms with Gasteiger partial charge >= 0.3 is 0 Å². The zero-order valence-electron chi connectivity index (χ0n) is 20.2. The topological polar surface area (TPSA) is 138 Å². The molecule has 3 rings (SSSR count). The molecule has 1 fully saturated rings. The first-order valence-electron chi connectivity index (χ1n) is 11.9. The Hall–Kier alpha value is -2.33. The maximum Gasteiger partial charge on any atom is 0.242 e. The molecule has 10 heteroatoms. The Morgan fingerprint density at radius 1 is 1.26 bits per heavy atom. The number of carboxylic acid groups (broad SMARTS) is 1. The molecule has 1 N–H and O–H groups in total. The molecule has 0 aromatic carbocycles. The number of aromatic nitrogens is 3. The van der Waals surface area contributed by atoms with Crippen LogP contribution in [0.25, 0.3) is 0 Å². The van der Waals surface area contributed by atoms with Gasteiger partial charge in [0.25, 0.3) is 0 Å². The van der Waals surface area contributed by atoms with Crippen LogP contribution in [0.5, 0.6) is 0 Å². The molecule has 1 aliphatic rings. The van der Waals surface area contributed by atoms with Crippen molar-refractivity contribution in [3.05, 3.63) is 36.2 Å². The van der Waals surface area contributed by atoms with Gasteiger partial charge in [-0.2, -0.15) is 4.98 Å². The molecule has 2 aromatic heterocycles. The van der Waals surface area contributed by atoms with E-state index in [1.54, 1.807) is 0 Å². The predicted octanol–water partition coefficient (Wildman–Crippen LogP) is 3.33. The average molecular weight is 492 g/mol. The molecule has 1 atom stereocenters. The van der Waals surface area contributed by atoms with Gasteiger partial charge in [0.1, 0.15) is 4.90 Å². The second-order valence-electron chi connectivity index (χ2n) is 10.3. The summed E-state index contributed by atoms with van der Waals surface area (Å²) in [5.74, 6) is -1.30. The van der Waals surface area contributed by atoms with Crippen LogP contribution < -0.4 is 9.83 Å². The molecule has 1 unspecified atom stereocenters. The molecule has 0 bridgehead atoms. The molecule has 0 spiro atoms. The van der Waals surface area contributed by atoms with E-state index in [2.05, 4.69) is 40.6 Å². The summed E-state index contributed by atoms with van der Waals surface area (Å²) in [6.45, 7) is 6.72. The van der Waals surface area contributed by atoms with Gasteiger partial charge in [0.05, 0.1) is 6.54 Å². The Bertz CT molecular complexity index is 1040. The van der Waals surface area contributed by atoms with Gasteiger partial charge in [-0.15, -0.1) is 0 Å². The Balaban J connectivity index is 1.64. The van der Waals surface area contributed by atoms with Crippen molar-refractivity contribution in [2.75, 3.05) is 0 Å². The Morgan fingerprint density at radius 3 is 2.62 bits per heavy atom. The highest BCUT2D eigenvalue weighted by atomic mass is 32.2. The number of sulfonamides is 1. The van der Waals surface area contributed by atoms with Crippen molar-refractivity contribution in [2.24, 2.45) is 10.8 Å². The van der Waals surface area contributed by atoms with Crippen molar-refractivity contribution in [3.8, 4) is 0 Å². The molecule has 2 aromatic rings. The zero-order valence-corrected chi connectivity index (χ0v) is 21.1. The van der Waals surface area contributed by atoms with E-state index in [0.717, 1.165) is 12.8 Å². The van der Waals surface area contributed by atoms with E-state index in [4.69, 9.17) is 4.52 Å². The normalized spacial score (nSPS) is 17.4. The molecule has 2 heterocycles. The minimum Gasteiger partial charge on any atom is -0.550 e. The smallest absolute Gasteiger partial charge is 0.242 e. The van der Waals surface area contributed by atoms with Crippen molar-refractivity contribution in [1.82, 2.24) is 19.8 Å². The van der Waals surface area contributed by atoms with Crippen LogP contribution in [0.4, 0.5) is 0 Å². The summed E-state index contributed by atoms with van der Waals surface area (Å²) in [7, 11) is -3.77. The highest BCUT2D eigenvalue weighted by Gasteiger charge is 2.41. The van der Waals surface area contributed by atoms with Crippen LogP contribution in [0.3, 0.4) is 0 Å². The van der Waals surface area contributed by atoms with E-state index in [1.165, 1.54) is 56.6 Å². The van der Waals surface area contributed by atoms with Crippen LogP contribution in [-0.4, -0.2) is 29.5 Å². The first kappa shape index (κ1) is 26.3. The van der Waals surface area contributed by atoms with Crippen molar-refractivity contribution < 1.29 is 22.8 Å². The second kappa shape index (κ2) is 10.9. The van der Waals surface area contributed by atoms with E-state index in [0.29, 0.717) is 6.42 Å². The van der Waals surface area contributed by atoms with Crippen LogP contribution >= 0.6 is 0 Å². The number of pyridine rings is 1. The summed E-state index contributed by atoms with van der Waals surface area (Å²) in [6.07, 6.45) is 11.1. The average Bonchev–Trinajstić information content (AvgIpc) is 3.26. The van der Waals surface area contributed by atoms with Gasteiger partial charge in [-0.3, -0.25) is 4.98 Å². The van der Waals surface area contributed by atoms with E-state index in [1.807, 2.05) is 0 Å². The predicted molar refractivity (Wildman–Crippen MR) is 124 cm³/mol. The zero-order chi connectivity index (χ0) is 24.8. The summed E-state index contributed by atoms with van der Waals surface area (Å²) >= 11 is 0. The van der Waals surface area contributed by atoms with Gasteiger partial charge in [-0.05, 0) is 55.1 Å². The van der Waals surface area contributed by atoms with Crippen LogP contribution in [0.2, 0.25) is 0 Å². The summed E-state index contributed by atoms with van der Waals surface area (Å²) in [4.78, 5) is 19.5. The molecule has 0 aliphatic heterocycles. The Labute approximate surface area is 201 Å². The first-order valence-corrected chi connectivity index (χ1v) is 13.4. The number of hydrogen-bond acceptors (Lipinski definition) is 8. The maximum atomic E-state index is 12.4. The van der Waals surface area contributed by atoms with Crippen molar-refractivity contribution in [2.45, 2.75) is 95.9 Å². The number of nitrogens with one attached hydrogen (secondary N) is 1. The fraction of sp³-hybridized carbons (Fsp3) is 0.667. The van der Waals surface area contributed by atoms with Gasteiger partial charge in [0.2, 0.25) is 15.9 Å². The van der Waals surface area contributed by atoms with Crippen LogP contribution in [-0.2, 0) is 21.4 Å². The highest BCUT2D eigenvalue weighted by Crippen LogP contribution is 2.53. The van der Waals surface area contributed by atoms with E-state index in [-0.39, 0.29) is 40.4 Å². The number of carbonyl (C=O) groups excluding carboxylic acids is 1. The van der Waals surface area contributed by atoms with Crippen molar-refractivity contribution in [1.29, 1.82) is 0 Å². The van der Waals surface area contributed by atoms with E-state index >= 15 is 0 Å². The SMILES string of the molecule is CC(C)(C)C1(CCCC(CC(=O)[O-])c2nc(CNS(=O)(=O)c3cccnc3)no2)CCCCC1. The number of hydrogen-bond donors (Lipinski definition) is 1. The molecular weight excluding hydrogens is 456 g/mol. The van der Waals surface area contributed by atoms with Crippen LogP contribution in [0.15, 0.2) is 33.9 Å². The third-order valence-electron chi connectivity index (χ3n) is 7.22. The van der Waals surface area contributed by atoms with Gasteiger partial charge in [0.15, 0.2) is 5.82 Å². The lowest BCUT2D eigenvalue weighted by Gasteiger charge is -2.48. The van der Waals surface area contributed by atoms with Gasteiger partial charge < -0.3 is 14.4 Å². The van der Waals surface area contributed by atoms with Crippen LogP contribution in [0.1, 0.15) is 96.2 Å². The lowest BCUT2D eigenvalue weighted by atomic mass is 9.57. The Morgan fingerprint density at radius 2 is 2.00 bits per heavy atom. The molecular formula is C24H35N4O5S-. The quantitative estimate of drug-likeness (QED) is 0.505. The molecule has 188 valence electrons. The largest absolute Gasteiger partial charge is 0.550 e. The second-order valence-corrected chi connectivity index (χ2v) is 12.1. The maximum absolute atomic E-state index is 12.4. The van der Waals surface area contributed by atoms with Crippen LogP contribution in [0, 0.1) is 10.8 Å². The van der Waals surface area contributed by atoms with Gasteiger partial charge in [0, 0.05) is 24.3 Å². The monoisotopic (exact) mass is 491 g/mol. The van der Waals surface area contributed by atoms with Gasteiger partial charge in [-0.25, -0.2) is 13.1 Å². The summed E-state index contributed by atoms with van der Waals surface area (Å²) in [6, 6.07) is 2.96. The fourth-order valence-electron chi connectivity index (χ4n) is 5.06. The van der Waals surface area contributed by atoms with Crippen molar-refractivity contribution in [3.63, 3.8) is 0 Å². The molecule has 0 amide bonds. The standard InChI is InChI=1S/C24H36N4O5S/c1-23(2,3)24(11-5-4-6-12-24)13-7-9-18(15-21(29)30)22-27-20(28-33-22)17-26-34(31,32)19-10-8-14-25-16-19/h8,10,14,16,18,26H,4-7,9,11-13,15,17H2,1-3H3,(H,29,30)/p-1. The lowest BCUT2D eigenvalue weighted by Crippen LogP contribution is -2.37. The number of rotatable bonds is 11. The molecule has 1 aliphatic carbocycles. The molecule has 1 saturated carbocycles. The summed E-state index contributed by atoms with van der Waals surface area (Å²) in [5.41, 5.74) is 0.433. The third-order valence-corrected chi connectivity index (χ3v) is 8.61. The third kappa shape index (κ3) is 6.63. The van der Waals surface area contributed by atoms with E-state index in [9.17, 15) is 18.3 Å². The number of carbonyl (C=O) groups is 1. The fourth-order valence-corrected chi connectivity index (χ4v) is 6.00. The van der Waals surface area contributed by atoms with Crippen molar-refractivity contribution >= 4 is 16.0 Å². The summed E-state index contributed by atoms with van der Waals surface area (Å²) in [5, 5.41) is 15.2. The summed E-state index contributed by atoms with van der Waals surface area (Å²) < 4.78 is 32.5. The first-order chi connectivity index (χ1) is 16.0.